The number of carbonyl (C=O) groups excluding carboxylic acids is 3. The number of hydrogen-bond donors (Lipinski definition) is 3. The minimum atomic E-state index is -1.02. The molecule has 11 heteroatoms. The molecule has 3 N–H and O–H groups in total. The van der Waals surface area contributed by atoms with Gasteiger partial charge in [-0.05, 0) is 58.1 Å². The van der Waals surface area contributed by atoms with Crippen molar-refractivity contribution < 1.29 is 28.4 Å². The van der Waals surface area contributed by atoms with Gasteiger partial charge in [-0.3, -0.25) is 15.4 Å². The summed E-state index contributed by atoms with van der Waals surface area (Å²) in [5, 5.41) is 10.3. The third-order valence-corrected chi connectivity index (χ3v) is 6.85. The summed E-state index contributed by atoms with van der Waals surface area (Å²) in [6.07, 6.45) is 1.09. The van der Waals surface area contributed by atoms with Gasteiger partial charge in [-0.2, -0.15) is 0 Å². The van der Waals surface area contributed by atoms with Crippen molar-refractivity contribution in [3.8, 4) is 0 Å². The van der Waals surface area contributed by atoms with Gasteiger partial charge in [-0.25, -0.2) is 14.2 Å². The lowest BCUT2D eigenvalue weighted by atomic mass is 10.1. The Bertz CT molecular complexity index is 1580. The fourth-order valence-corrected chi connectivity index (χ4v) is 5.03. The lowest BCUT2D eigenvalue weighted by molar-refractivity contribution is -0.697. The maximum atomic E-state index is 13.0. The van der Waals surface area contributed by atoms with Crippen molar-refractivity contribution in [1.82, 2.24) is 10.6 Å². The highest BCUT2D eigenvalue weighted by molar-refractivity contribution is 9.10. The molecule has 1 aromatic heterocycles. The van der Waals surface area contributed by atoms with Crippen molar-refractivity contribution in [3.63, 3.8) is 0 Å². The zero-order chi connectivity index (χ0) is 30.1. The Kier molecular flexibility index (Phi) is 10.7. The molecule has 1 heterocycles. The van der Waals surface area contributed by atoms with Crippen LogP contribution in [0.2, 0.25) is 5.02 Å². The first-order valence-corrected chi connectivity index (χ1v) is 14.5. The molecule has 0 aliphatic carbocycles. The normalized spacial score (nSPS) is 12.2. The molecule has 3 amide bonds. The van der Waals surface area contributed by atoms with Crippen LogP contribution in [-0.4, -0.2) is 30.9 Å². The van der Waals surface area contributed by atoms with Crippen LogP contribution in [0, 0.1) is 0 Å². The monoisotopic (exact) mass is 653 g/mol. The number of pyridine rings is 1. The smallest absolute Gasteiger partial charge is 0.413 e. The lowest BCUT2D eigenvalue weighted by Crippen LogP contribution is -2.40. The number of nitrogens with zero attached hydrogens (tertiary/aromatic N) is 1. The van der Waals surface area contributed by atoms with Crippen molar-refractivity contribution in [2.75, 3.05) is 11.9 Å². The van der Waals surface area contributed by atoms with Gasteiger partial charge in [-0.1, -0.05) is 67.1 Å². The van der Waals surface area contributed by atoms with E-state index in [2.05, 4.69) is 38.8 Å². The van der Waals surface area contributed by atoms with Crippen molar-refractivity contribution in [3.05, 3.63) is 106 Å². The maximum Gasteiger partial charge on any atom is 0.413 e. The first-order valence-electron chi connectivity index (χ1n) is 13.4. The van der Waals surface area contributed by atoms with Gasteiger partial charge in [0.25, 0.3) is 5.91 Å². The zero-order valence-electron chi connectivity index (χ0n) is 23.1. The summed E-state index contributed by atoms with van der Waals surface area (Å²) in [4.78, 5) is 38.3. The number of hydrogen-bond acceptors (Lipinski definition) is 5. The van der Waals surface area contributed by atoms with Crippen LogP contribution in [0.3, 0.4) is 0 Å². The molecule has 218 valence electrons. The largest absolute Gasteiger partial charge is 0.439 e. The summed E-state index contributed by atoms with van der Waals surface area (Å²) in [6.45, 7) is 4.28. The van der Waals surface area contributed by atoms with Gasteiger partial charge in [0.1, 0.15) is 18.2 Å². The summed E-state index contributed by atoms with van der Waals surface area (Å²) in [5.74, 6) is -0.334. The molecule has 0 saturated heterocycles. The van der Waals surface area contributed by atoms with E-state index in [0.717, 1.165) is 28.2 Å². The molecule has 2 unspecified atom stereocenters. The van der Waals surface area contributed by atoms with E-state index in [1.54, 1.807) is 42.6 Å². The average Bonchev–Trinajstić information content (AvgIpc) is 2.95. The van der Waals surface area contributed by atoms with Gasteiger partial charge in [0.15, 0.2) is 18.6 Å². The third kappa shape index (κ3) is 8.67. The van der Waals surface area contributed by atoms with E-state index in [1.165, 1.54) is 6.92 Å². The first-order chi connectivity index (χ1) is 20.2. The molecule has 0 radical (unpaired) electrons. The van der Waals surface area contributed by atoms with Crippen molar-refractivity contribution in [2.45, 2.75) is 39.1 Å². The van der Waals surface area contributed by atoms with E-state index in [1.807, 2.05) is 47.2 Å². The number of carbonyl (C=O) groups is 3. The Morgan fingerprint density at radius 3 is 2.50 bits per heavy atom. The number of benzene rings is 3. The standard InChI is InChI=1S/C31H30BrClN4O5/c1-3-14-37-18-23(15-24(32)19-37)29(38)34-17-28(22-10-6-11-25(33)16-22)42-30(39)35-20(2)41-31(40)36-27-13-7-9-21-8-4-5-12-26(21)27/h4-13,15-16,18-20,28H,3,14,17H2,1-2H3,(H2-,34,35,36,38,39,40)/p+1. The van der Waals surface area contributed by atoms with Crippen LogP contribution in [0.5, 0.6) is 0 Å². The van der Waals surface area contributed by atoms with Gasteiger partial charge in [0.2, 0.25) is 0 Å². The molecule has 0 saturated carbocycles. The van der Waals surface area contributed by atoms with Crippen LogP contribution in [0.4, 0.5) is 15.3 Å². The number of anilines is 1. The zero-order valence-corrected chi connectivity index (χ0v) is 25.4. The number of aromatic nitrogens is 1. The highest BCUT2D eigenvalue weighted by atomic mass is 79.9. The second-order valence-electron chi connectivity index (χ2n) is 9.48. The summed E-state index contributed by atoms with van der Waals surface area (Å²) >= 11 is 9.62. The molecule has 0 fully saturated rings. The van der Waals surface area contributed by atoms with Crippen LogP contribution in [0.1, 0.15) is 42.3 Å². The Labute approximate surface area is 257 Å². The van der Waals surface area contributed by atoms with E-state index in [4.69, 9.17) is 21.1 Å². The topological polar surface area (TPSA) is 110 Å². The Balaban J connectivity index is 1.37. The average molecular weight is 655 g/mol. The summed E-state index contributed by atoms with van der Waals surface area (Å²) in [6, 6.07) is 21.6. The van der Waals surface area contributed by atoms with E-state index >= 15 is 0 Å². The van der Waals surface area contributed by atoms with Gasteiger partial charge >= 0.3 is 12.2 Å². The van der Waals surface area contributed by atoms with E-state index in [9.17, 15) is 14.4 Å². The molecule has 0 spiro atoms. The number of nitrogens with one attached hydrogen (secondary N) is 3. The minimum Gasteiger partial charge on any atom is -0.439 e. The fraction of sp³-hybridized carbons (Fsp3) is 0.226. The van der Waals surface area contributed by atoms with Crippen LogP contribution >= 0.6 is 27.5 Å². The fourth-order valence-electron chi connectivity index (χ4n) is 4.32. The number of ether oxygens (including phenoxy) is 2. The molecule has 0 aliphatic heterocycles. The van der Waals surface area contributed by atoms with Gasteiger partial charge in [0.05, 0.1) is 16.7 Å². The SMILES string of the molecule is CCC[n+]1cc(Br)cc(C(=O)NCC(OC(=O)NC(C)OC(=O)Nc2cccc3ccccc23)c2cccc(Cl)c2)c1. The number of aryl methyl sites for hydroxylation is 1. The summed E-state index contributed by atoms with van der Waals surface area (Å²) in [5.41, 5.74) is 1.61. The quantitative estimate of drug-likeness (QED) is 0.130. The Hall–Kier alpha value is -4.15. The van der Waals surface area contributed by atoms with E-state index < -0.39 is 24.5 Å². The lowest BCUT2D eigenvalue weighted by Gasteiger charge is -2.21. The second-order valence-corrected chi connectivity index (χ2v) is 10.8. The molecular formula is C31H31BrClN4O5+. The highest BCUT2D eigenvalue weighted by Crippen LogP contribution is 2.24. The van der Waals surface area contributed by atoms with Crippen molar-refractivity contribution >= 4 is 62.1 Å². The number of rotatable bonds is 10. The molecule has 4 aromatic rings. The molecule has 3 aromatic carbocycles. The highest BCUT2D eigenvalue weighted by Gasteiger charge is 2.22. The van der Waals surface area contributed by atoms with Crippen LogP contribution in [0.15, 0.2) is 89.7 Å². The second kappa shape index (κ2) is 14.7. The maximum absolute atomic E-state index is 13.0. The number of halogens is 2. The molecule has 0 aliphatic rings. The van der Waals surface area contributed by atoms with Gasteiger partial charge < -0.3 is 14.8 Å². The molecule has 2 atom stereocenters. The van der Waals surface area contributed by atoms with E-state index in [0.29, 0.717) is 21.8 Å². The molecule has 42 heavy (non-hydrogen) atoms. The first kappa shape index (κ1) is 30.8. The minimum absolute atomic E-state index is 0.0241. The van der Waals surface area contributed by atoms with Crippen LogP contribution < -0.4 is 20.5 Å². The Morgan fingerprint density at radius 1 is 0.952 bits per heavy atom. The predicted molar refractivity (Wildman–Crippen MR) is 164 cm³/mol. The van der Waals surface area contributed by atoms with Crippen molar-refractivity contribution in [1.29, 1.82) is 0 Å². The number of fused-ring (bicyclic) bond motifs is 1. The molecule has 9 nitrogen and oxygen atoms in total. The van der Waals surface area contributed by atoms with Gasteiger partial charge in [-0.15, -0.1) is 0 Å². The number of amides is 3. The summed E-state index contributed by atoms with van der Waals surface area (Å²) in [7, 11) is 0. The van der Waals surface area contributed by atoms with Crippen LogP contribution in [0.25, 0.3) is 10.8 Å². The molecule has 4 rings (SSSR count). The van der Waals surface area contributed by atoms with Gasteiger partial charge in [0, 0.05) is 16.8 Å². The molecular weight excluding hydrogens is 624 g/mol. The van der Waals surface area contributed by atoms with Crippen molar-refractivity contribution in [2.24, 2.45) is 0 Å². The summed E-state index contributed by atoms with van der Waals surface area (Å²) < 4.78 is 13.7. The van der Waals surface area contributed by atoms with E-state index in [-0.39, 0.29) is 12.5 Å². The van der Waals surface area contributed by atoms with Crippen LogP contribution in [-0.2, 0) is 16.0 Å². The molecule has 0 bridgehead atoms. The third-order valence-electron chi connectivity index (χ3n) is 6.18. The Morgan fingerprint density at radius 2 is 1.71 bits per heavy atom. The predicted octanol–water partition coefficient (Wildman–Crippen LogP) is 6.75. The number of alkyl carbamates (subject to hydrolysis) is 1.